The number of hydrogen-bond donors (Lipinski definition) is 0. The van der Waals surface area contributed by atoms with Gasteiger partial charge >= 0.3 is 0 Å². The Morgan fingerprint density at radius 1 is 1.32 bits per heavy atom. The van der Waals surface area contributed by atoms with Gasteiger partial charge in [-0.15, -0.1) is 0 Å². The standard InChI is InChI=1S/C18H26N2O2/c1-3-20-13-15(22-17-11-7-6-10-16(17)20)12-19(2)18(21)14-8-4-5-9-14/h6-7,10-11,14-15H,3-5,8-9,12-13H2,1-2H3. The molecule has 0 saturated heterocycles. The van der Waals surface area contributed by atoms with Crippen LogP contribution in [0.1, 0.15) is 32.6 Å². The van der Waals surface area contributed by atoms with E-state index in [4.69, 9.17) is 4.74 Å². The van der Waals surface area contributed by atoms with Crippen molar-refractivity contribution in [3.05, 3.63) is 24.3 Å². The lowest BCUT2D eigenvalue weighted by Crippen LogP contribution is -2.47. The lowest BCUT2D eigenvalue weighted by molar-refractivity contribution is -0.135. The third-order valence-electron chi connectivity index (χ3n) is 4.86. The Kier molecular flexibility index (Phi) is 4.55. The molecule has 1 atom stereocenters. The van der Waals surface area contributed by atoms with Crippen molar-refractivity contribution in [1.82, 2.24) is 4.90 Å². The van der Waals surface area contributed by atoms with E-state index < -0.39 is 0 Å². The van der Waals surface area contributed by atoms with Crippen LogP contribution >= 0.6 is 0 Å². The molecule has 0 radical (unpaired) electrons. The third-order valence-corrected chi connectivity index (χ3v) is 4.86. The summed E-state index contributed by atoms with van der Waals surface area (Å²) in [5, 5.41) is 0. The van der Waals surface area contributed by atoms with Gasteiger partial charge in [0.2, 0.25) is 5.91 Å². The summed E-state index contributed by atoms with van der Waals surface area (Å²) in [6, 6.07) is 8.16. The van der Waals surface area contributed by atoms with Crippen molar-refractivity contribution in [2.45, 2.75) is 38.7 Å². The van der Waals surface area contributed by atoms with Crippen LogP contribution in [-0.2, 0) is 4.79 Å². The number of carbonyl (C=O) groups is 1. The molecule has 4 nitrogen and oxygen atoms in total. The molecule has 1 aliphatic heterocycles. The number of ether oxygens (including phenoxy) is 1. The van der Waals surface area contributed by atoms with Gasteiger partial charge in [0.1, 0.15) is 11.9 Å². The summed E-state index contributed by atoms with van der Waals surface area (Å²) in [4.78, 5) is 16.7. The highest BCUT2D eigenvalue weighted by Crippen LogP contribution is 2.33. The predicted octanol–water partition coefficient (Wildman–Crippen LogP) is 2.92. The molecule has 2 aliphatic rings. The summed E-state index contributed by atoms with van der Waals surface area (Å²) in [6.07, 6.45) is 4.55. The van der Waals surface area contributed by atoms with Crippen molar-refractivity contribution in [2.75, 3.05) is 31.6 Å². The number of likely N-dealkylation sites (N-methyl/N-ethyl adjacent to an activating group) is 2. The second kappa shape index (κ2) is 6.59. The highest BCUT2D eigenvalue weighted by Gasteiger charge is 2.30. The van der Waals surface area contributed by atoms with Crippen molar-refractivity contribution >= 4 is 11.6 Å². The van der Waals surface area contributed by atoms with E-state index in [1.54, 1.807) is 0 Å². The molecular weight excluding hydrogens is 276 g/mol. The average molecular weight is 302 g/mol. The molecule has 1 unspecified atom stereocenters. The van der Waals surface area contributed by atoms with E-state index in [0.29, 0.717) is 12.5 Å². The first-order valence-electron chi connectivity index (χ1n) is 8.44. The summed E-state index contributed by atoms with van der Waals surface area (Å²) >= 11 is 0. The van der Waals surface area contributed by atoms with E-state index in [0.717, 1.165) is 37.4 Å². The monoisotopic (exact) mass is 302 g/mol. The Bertz CT molecular complexity index is 526. The number of hydrogen-bond acceptors (Lipinski definition) is 3. The number of nitrogens with zero attached hydrogens (tertiary/aromatic N) is 2. The molecule has 1 saturated carbocycles. The van der Waals surface area contributed by atoms with Gasteiger partial charge in [-0.2, -0.15) is 0 Å². The summed E-state index contributed by atoms with van der Waals surface area (Å²) < 4.78 is 6.11. The Hall–Kier alpha value is -1.71. The van der Waals surface area contributed by atoms with Gasteiger partial charge in [-0.3, -0.25) is 4.79 Å². The summed E-state index contributed by atoms with van der Waals surface area (Å²) in [7, 11) is 1.92. The van der Waals surface area contributed by atoms with Crippen molar-refractivity contribution in [3.63, 3.8) is 0 Å². The van der Waals surface area contributed by atoms with Gasteiger partial charge in [-0.25, -0.2) is 0 Å². The zero-order valence-electron chi connectivity index (χ0n) is 13.6. The molecule has 3 rings (SSSR count). The average Bonchev–Trinajstić information content (AvgIpc) is 3.07. The van der Waals surface area contributed by atoms with Gasteiger partial charge in [-0.1, -0.05) is 25.0 Å². The van der Waals surface area contributed by atoms with Crippen molar-refractivity contribution in [3.8, 4) is 5.75 Å². The first kappa shape index (κ1) is 15.2. The van der Waals surface area contributed by atoms with Crippen LogP contribution in [-0.4, -0.2) is 43.6 Å². The van der Waals surface area contributed by atoms with E-state index in [-0.39, 0.29) is 12.0 Å². The van der Waals surface area contributed by atoms with Crippen molar-refractivity contribution in [1.29, 1.82) is 0 Å². The normalized spacial score (nSPS) is 21.4. The first-order chi connectivity index (χ1) is 10.7. The number of carbonyl (C=O) groups excluding carboxylic acids is 1. The maximum absolute atomic E-state index is 12.5. The van der Waals surface area contributed by atoms with Crippen LogP contribution in [0.4, 0.5) is 5.69 Å². The quantitative estimate of drug-likeness (QED) is 0.857. The third kappa shape index (κ3) is 3.06. The molecular formula is C18H26N2O2. The maximum atomic E-state index is 12.5. The minimum absolute atomic E-state index is 0.0465. The van der Waals surface area contributed by atoms with Crippen molar-refractivity contribution in [2.24, 2.45) is 5.92 Å². The molecule has 4 heteroatoms. The van der Waals surface area contributed by atoms with Gasteiger partial charge in [0.25, 0.3) is 0 Å². The van der Waals surface area contributed by atoms with Crippen LogP contribution < -0.4 is 9.64 Å². The van der Waals surface area contributed by atoms with E-state index in [9.17, 15) is 4.79 Å². The van der Waals surface area contributed by atoms with Crippen LogP contribution in [0.5, 0.6) is 5.75 Å². The lowest BCUT2D eigenvalue weighted by Gasteiger charge is -2.37. The molecule has 120 valence electrons. The Balaban J connectivity index is 1.65. The highest BCUT2D eigenvalue weighted by molar-refractivity contribution is 5.78. The van der Waals surface area contributed by atoms with Crippen molar-refractivity contribution < 1.29 is 9.53 Å². The summed E-state index contributed by atoms with van der Waals surface area (Å²) in [6.45, 7) is 4.62. The molecule has 0 bridgehead atoms. The molecule has 1 aromatic rings. The van der Waals surface area contributed by atoms with Gasteiger partial charge in [0.15, 0.2) is 0 Å². The number of anilines is 1. The van der Waals surface area contributed by atoms with Crippen LogP contribution in [0.3, 0.4) is 0 Å². The fourth-order valence-electron chi connectivity index (χ4n) is 3.65. The van der Waals surface area contributed by atoms with E-state index in [1.807, 2.05) is 30.1 Å². The number of benzene rings is 1. The summed E-state index contributed by atoms with van der Waals surface area (Å²) in [5.41, 5.74) is 1.16. The maximum Gasteiger partial charge on any atom is 0.225 e. The largest absolute Gasteiger partial charge is 0.485 e. The van der Waals surface area contributed by atoms with Gasteiger partial charge in [0.05, 0.1) is 18.8 Å². The molecule has 1 aromatic carbocycles. The smallest absolute Gasteiger partial charge is 0.225 e. The molecule has 1 heterocycles. The SMILES string of the molecule is CCN1CC(CN(C)C(=O)C2CCCC2)Oc2ccccc21. The van der Waals surface area contributed by atoms with Gasteiger partial charge < -0.3 is 14.5 Å². The molecule has 1 aliphatic carbocycles. The topological polar surface area (TPSA) is 32.8 Å². The molecule has 0 aromatic heterocycles. The van der Waals surface area contributed by atoms with Crippen LogP contribution in [0.2, 0.25) is 0 Å². The van der Waals surface area contributed by atoms with Crippen LogP contribution in [0, 0.1) is 5.92 Å². The minimum Gasteiger partial charge on any atom is -0.485 e. The Morgan fingerprint density at radius 2 is 2.05 bits per heavy atom. The first-order valence-corrected chi connectivity index (χ1v) is 8.44. The number of para-hydroxylation sites is 2. The Morgan fingerprint density at radius 3 is 2.77 bits per heavy atom. The molecule has 0 spiro atoms. The van der Waals surface area contributed by atoms with Gasteiger partial charge in [-0.05, 0) is 31.9 Å². The molecule has 1 amide bonds. The number of amides is 1. The van der Waals surface area contributed by atoms with E-state index >= 15 is 0 Å². The zero-order valence-corrected chi connectivity index (χ0v) is 13.6. The zero-order chi connectivity index (χ0) is 15.5. The minimum atomic E-state index is 0.0465. The fraction of sp³-hybridized carbons (Fsp3) is 0.611. The van der Waals surface area contributed by atoms with Crippen LogP contribution in [0.25, 0.3) is 0 Å². The van der Waals surface area contributed by atoms with E-state index in [2.05, 4.69) is 17.9 Å². The van der Waals surface area contributed by atoms with Gasteiger partial charge in [0, 0.05) is 19.5 Å². The number of rotatable bonds is 4. The fourth-order valence-corrected chi connectivity index (χ4v) is 3.65. The molecule has 0 N–H and O–H groups in total. The number of fused-ring (bicyclic) bond motifs is 1. The molecule has 1 fully saturated rings. The molecule has 22 heavy (non-hydrogen) atoms. The second-order valence-corrected chi connectivity index (χ2v) is 6.45. The van der Waals surface area contributed by atoms with E-state index in [1.165, 1.54) is 12.8 Å². The summed E-state index contributed by atoms with van der Waals surface area (Å²) in [5.74, 6) is 1.47. The predicted molar refractivity (Wildman–Crippen MR) is 88.3 cm³/mol. The lowest BCUT2D eigenvalue weighted by atomic mass is 10.1. The highest BCUT2D eigenvalue weighted by atomic mass is 16.5. The Labute approximate surface area is 133 Å². The second-order valence-electron chi connectivity index (χ2n) is 6.45. The van der Waals surface area contributed by atoms with Crippen LogP contribution in [0.15, 0.2) is 24.3 Å².